The fourth-order valence-corrected chi connectivity index (χ4v) is 8.27. The molecular formula is C55H105NO5. The molecule has 0 radical (unpaired) electrons. The van der Waals surface area contributed by atoms with Crippen molar-refractivity contribution in [1.82, 2.24) is 5.32 Å². The molecule has 0 spiro atoms. The van der Waals surface area contributed by atoms with E-state index in [-0.39, 0.29) is 18.5 Å². The van der Waals surface area contributed by atoms with Crippen LogP contribution in [0.3, 0.4) is 0 Å². The van der Waals surface area contributed by atoms with Crippen LogP contribution in [0.25, 0.3) is 0 Å². The van der Waals surface area contributed by atoms with Gasteiger partial charge in [-0.15, -0.1) is 0 Å². The summed E-state index contributed by atoms with van der Waals surface area (Å²) in [5.74, 6) is -0.136. The lowest BCUT2D eigenvalue weighted by molar-refractivity contribution is -0.143. The quantitative estimate of drug-likeness (QED) is 0.0322. The van der Waals surface area contributed by atoms with Gasteiger partial charge in [-0.25, -0.2) is 0 Å². The van der Waals surface area contributed by atoms with Crippen molar-refractivity contribution in [2.75, 3.05) is 13.2 Å². The van der Waals surface area contributed by atoms with Crippen LogP contribution in [-0.2, 0) is 14.3 Å². The van der Waals surface area contributed by atoms with Crippen molar-refractivity contribution in [2.45, 2.75) is 302 Å². The zero-order valence-corrected chi connectivity index (χ0v) is 40.9. The number of carbonyl (C=O) groups excluding carboxylic acids is 2. The Labute approximate surface area is 380 Å². The van der Waals surface area contributed by atoms with E-state index in [4.69, 9.17) is 4.74 Å². The number of rotatable bonds is 50. The molecule has 6 nitrogen and oxygen atoms in total. The normalized spacial score (nSPS) is 12.8. The molecule has 3 N–H and O–H groups in total. The van der Waals surface area contributed by atoms with E-state index in [1.54, 1.807) is 6.08 Å². The fourth-order valence-electron chi connectivity index (χ4n) is 8.27. The highest BCUT2D eigenvalue weighted by Crippen LogP contribution is 2.16. The highest BCUT2D eigenvalue weighted by Gasteiger charge is 2.18. The lowest BCUT2D eigenvalue weighted by Gasteiger charge is -2.20. The van der Waals surface area contributed by atoms with Gasteiger partial charge in [0.2, 0.25) is 5.91 Å². The smallest absolute Gasteiger partial charge is 0.305 e. The minimum Gasteiger partial charge on any atom is -0.466 e. The highest BCUT2D eigenvalue weighted by molar-refractivity contribution is 5.76. The van der Waals surface area contributed by atoms with Crippen molar-refractivity contribution in [3.8, 4) is 0 Å². The molecule has 0 rings (SSSR count). The van der Waals surface area contributed by atoms with Gasteiger partial charge in [-0.3, -0.25) is 9.59 Å². The second-order valence-electron chi connectivity index (χ2n) is 18.6. The van der Waals surface area contributed by atoms with Crippen LogP contribution in [0.15, 0.2) is 24.3 Å². The number of aliphatic hydroxyl groups excluding tert-OH is 2. The standard InChI is InChI=1S/C55H105NO5/c1-3-5-7-9-11-13-15-17-19-20-21-22-24-26-28-33-37-41-45-49-55(60)61-50-46-42-38-34-30-29-32-36-40-44-48-54(59)56-52(51-57)53(58)47-43-39-35-31-27-25-23-18-16-14-12-10-8-6-4-2/h30,34,43,47,52-53,57-58H,3-29,31-33,35-42,44-46,48-51H2,1-2H3,(H,56,59)/b34-30-,47-43+. The molecule has 360 valence electrons. The molecular weight excluding hydrogens is 755 g/mol. The summed E-state index contributed by atoms with van der Waals surface area (Å²) < 4.78 is 5.45. The van der Waals surface area contributed by atoms with Gasteiger partial charge < -0.3 is 20.3 Å². The second-order valence-corrected chi connectivity index (χ2v) is 18.6. The number of aliphatic hydroxyl groups is 2. The molecule has 0 aromatic heterocycles. The third kappa shape index (κ3) is 47.7. The molecule has 0 aliphatic heterocycles. The van der Waals surface area contributed by atoms with E-state index in [0.717, 1.165) is 77.0 Å². The van der Waals surface area contributed by atoms with Crippen molar-refractivity contribution >= 4 is 11.9 Å². The average molecular weight is 860 g/mol. The van der Waals surface area contributed by atoms with Gasteiger partial charge in [-0.2, -0.15) is 0 Å². The predicted octanol–water partition coefficient (Wildman–Crippen LogP) is 16.3. The molecule has 0 fully saturated rings. The highest BCUT2D eigenvalue weighted by atomic mass is 16.5. The van der Waals surface area contributed by atoms with E-state index in [9.17, 15) is 19.8 Å². The van der Waals surface area contributed by atoms with Gasteiger partial charge in [-0.1, -0.05) is 244 Å². The van der Waals surface area contributed by atoms with E-state index in [0.29, 0.717) is 19.4 Å². The molecule has 0 heterocycles. The second kappa shape index (κ2) is 51.0. The van der Waals surface area contributed by atoms with Crippen molar-refractivity contribution in [2.24, 2.45) is 0 Å². The molecule has 0 aromatic carbocycles. The van der Waals surface area contributed by atoms with Crippen molar-refractivity contribution in [3.63, 3.8) is 0 Å². The number of allylic oxidation sites excluding steroid dienone is 3. The molecule has 2 atom stereocenters. The Kier molecular flexibility index (Phi) is 49.6. The van der Waals surface area contributed by atoms with Gasteiger partial charge in [0.15, 0.2) is 0 Å². The number of amides is 1. The van der Waals surface area contributed by atoms with Gasteiger partial charge in [-0.05, 0) is 57.8 Å². The van der Waals surface area contributed by atoms with Gasteiger partial charge in [0.1, 0.15) is 0 Å². The molecule has 6 heteroatoms. The van der Waals surface area contributed by atoms with E-state index < -0.39 is 12.1 Å². The topological polar surface area (TPSA) is 95.9 Å². The number of hydrogen-bond acceptors (Lipinski definition) is 5. The summed E-state index contributed by atoms with van der Waals surface area (Å²) in [5, 5.41) is 23.0. The Hall–Kier alpha value is -1.66. The Balaban J connectivity index is 3.52. The van der Waals surface area contributed by atoms with E-state index >= 15 is 0 Å². The third-order valence-corrected chi connectivity index (χ3v) is 12.5. The van der Waals surface area contributed by atoms with E-state index in [1.807, 2.05) is 6.08 Å². The maximum Gasteiger partial charge on any atom is 0.305 e. The first-order valence-corrected chi connectivity index (χ1v) is 27.1. The van der Waals surface area contributed by atoms with Crippen LogP contribution in [0.1, 0.15) is 290 Å². The molecule has 61 heavy (non-hydrogen) atoms. The summed E-state index contributed by atoms with van der Waals surface area (Å²) >= 11 is 0. The summed E-state index contributed by atoms with van der Waals surface area (Å²) in [4.78, 5) is 24.5. The lowest BCUT2D eigenvalue weighted by atomic mass is 10.0. The first-order chi connectivity index (χ1) is 30.0. The number of carbonyl (C=O) groups is 2. The van der Waals surface area contributed by atoms with Crippen molar-refractivity contribution < 1.29 is 24.5 Å². The zero-order valence-electron chi connectivity index (χ0n) is 40.9. The first-order valence-electron chi connectivity index (χ1n) is 27.1. The van der Waals surface area contributed by atoms with Crippen LogP contribution in [0, 0.1) is 0 Å². The summed E-state index contributed by atoms with van der Waals surface area (Å²) in [5.41, 5.74) is 0. The summed E-state index contributed by atoms with van der Waals surface area (Å²) in [6.07, 6.45) is 60.5. The van der Waals surface area contributed by atoms with Gasteiger partial charge in [0.05, 0.1) is 25.4 Å². The van der Waals surface area contributed by atoms with Crippen molar-refractivity contribution in [3.05, 3.63) is 24.3 Å². The van der Waals surface area contributed by atoms with Crippen LogP contribution < -0.4 is 5.32 Å². The Morgan fingerprint density at radius 3 is 1.16 bits per heavy atom. The molecule has 0 aliphatic rings. The number of unbranched alkanes of at least 4 members (excludes halogenated alkanes) is 37. The Morgan fingerprint density at radius 1 is 0.443 bits per heavy atom. The number of nitrogens with one attached hydrogen (secondary N) is 1. The maximum atomic E-state index is 12.4. The van der Waals surface area contributed by atoms with Gasteiger partial charge in [0.25, 0.3) is 0 Å². The first kappa shape index (κ1) is 59.3. The summed E-state index contributed by atoms with van der Waals surface area (Å²) in [7, 11) is 0. The van der Waals surface area contributed by atoms with Crippen LogP contribution in [-0.4, -0.2) is 47.4 Å². The SMILES string of the molecule is CCCCCCCCCCCCCCC/C=C/C(O)C(CO)NC(=O)CCCCCC/C=C\CCCCOC(=O)CCCCCCCCCCCCCCCCCCCCC. The molecule has 2 unspecified atom stereocenters. The predicted molar refractivity (Wildman–Crippen MR) is 264 cm³/mol. The number of esters is 1. The summed E-state index contributed by atoms with van der Waals surface area (Å²) in [6.45, 7) is 4.83. The third-order valence-electron chi connectivity index (χ3n) is 12.5. The fraction of sp³-hybridized carbons (Fsp3) is 0.891. The Morgan fingerprint density at radius 2 is 0.770 bits per heavy atom. The molecule has 0 bridgehead atoms. The molecule has 0 aromatic rings. The van der Waals surface area contributed by atoms with Crippen LogP contribution >= 0.6 is 0 Å². The van der Waals surface area contributed by atoms with Crippen LogP contribution in [0.5, 0.6) is 0 Å². The van der Waals surface area contributed by atoms with Crippen LogP contribution in [0.4, 0.5) is 0 Å². The maximum absolute atomic E-state index is 12.4. The minimum atomic E-state index is -0.865. The van der Waals surface area contributed by atoms with Crippen molar-refractivity contribution in [1.29, 1.82) is 0 Å². The van der Waals surface area contributed by atoms with Crippen LogP contribution in [0.2, 0.25) is 0 Å². The van der Waals surface area contributed by atoms with E-state index in [1.165, 1.54) is 186 Å². The molecule has 1 amide bonds. The lowest BCUT2D eigenvalue weighted by Crippen LogP contribution is -2.45. The monoisotopic (exact) mass is 860 g/mol. The van der Waals surface area contributed by atoms with Gasteiger partial charge >= 0.3 is 5.97 Å². The minimum absolute atomic E-state index is 0.0338. The molecule has 0 saturated heterocycles. The van der Waals surface area contributed by atoms with Gasteiger partial charge in [0, 0.05) is 12.8 Å². The largest absolute Gasteiger partial charge is 0.466 e. The Bertz CT molecular complexity index is 951. The molecule has 0 aliphatic carbocycles. The molecule has 0 saturated carbocycles. The van der Waals surface area contributed by atoms with E-state index in [2.05, 4.69) is 31.3 Å². The average Bonchev–Trinajstić information content (AvgIpc) is 3.26. The number of hydrogen-bond donors (Lipinski definition) is 3. The number of ether oxygens (including phenoxy) is 1. The summed E-state index contributed by atoms with van der Waals surface area (Å²) in [6, 6.07) is -0.652. The zero-order chi connectivity index (χ0) is 44.4.